The van der Waals surface area contributed by atoms with Gasteiger partial charge in [-0.3, -0.25) is 9.10 Å². The lowest BCUT2D eigenvalue weighted by Gasteiger charge is -2.26. The van der Waals surface area contributed by atoms with Crippen molar-refractivity contribution in [2.75, 3.05) is 23.2 Å². The van der Waals surface area contributed by atoms with Crippen molar-refractivity contribution in [1.82, 2.24) is 5.32 Å². The maximum Gasteiger partial charge on any atom is 0.416 e. The van der Waals surface area contributed by atoms with Crippen LogP contribution in [-0.2, 0) is 27.4 Å². The van der Waals surface area contributed by atoms with Gasteiger partial charge < -0.3 is 15.8 Å². The maximum absolute atomic E-state index is 13.9. The molecule has 0 saturated heterocycles. The summed E-state index contributed by atoms with van der Waals surface area (Å²) in [5.74, 6) is 0.00600. The Morgan fingerprint density at radius 3 is 2.45 bits per heavy atom. The average Bonchev–Trinajstić information content (AvgIpc) is 3.37. The number of fused-ring (bicyclic) bond motifs is 1. The lowest BCUT2D eigenvalue weighted by molar-refractivity contribution is -0.137. The second kappa shape index (κ2) is 11.4. The number of sulfonamides is 1. The zero-order valence-corrected chi connectivity index (χ0v) is 23.4. The van der Waals surface area contributed by atoms with Gasteiger partial charge in [-0.2, -0.15) is 13.2 Å². The highest BCUT2D eigenvalue weighted by molar-refractivity contribution is 7.93. The molecule has 0 fully saturated rings. The van der Waals surface area contributed by atoms with Crippen LogP contribution in [0.1, 0.15) is 16.7 Å². The van der Waals surface area contributed by atoms with Crippen LogP contribution in [0.15, 0.2) is 95.9 Å². The third kappa shape index (κ3) is 5.91. The van der Waals surface area contributed by atoms with E-state index in [-0.39, 0.29) is 24.5 Å². The lowest BCUT2D eigenvalue weighted by Crippen LogP contribution is -2.48. The highest BCUT2D eigenvalue weighted by Crippen LogP contribution is 2.38. The van der Waals surface area contributed by atoms with Crippen molar-refractivity contribution in [3.63, 3.8) is 0 Å². The highest BCUT2D eigenvalue weighted by Gasteiger charge is 2.42. The van der Waals surface area contributed by atoms with Gasteiger partial charge in [0, 0.05) is 6.42 Å². The molecule has 4 aromatic carbocycles. The van der Waals surface area contributed by atoms with E-state index in [0.717, 1.165) is 22.0 Å². The first-order chi connectivity index (χ1) is 19.9. The summed E-state index contributed by atoms with van der Waals surface area (Å²) in [6.07, 6.45) is -4.33. The van der Waals surface area contributed by atoms with E-state index in [2.05, 4.69) is 5.32 Å². The zero-order chi connectivity index (χ0) is 30.1. The summed E-state index contributed by atoms with van der Waals surface area (Å²) in [7, 11) is -4.22. The molecule has 5 rings (SSSR count). The van der Waals surface area contributed by atoms with Crippen LogP contribution in [-0.4, -0.2) is 33.5 Å². The summed E-state index contributed by atoms with van der Waals surface area (Å²) in [6, 6.07) is 21.6. The van der Waals surface area contributed by atoms with Crippen LogP contribution in [0.4, 0.5) is 24.5 Å². The van der Waals surface area contributed by atoms with Crippen LogP contribution in [0.5, 0.6) is 5.75 Å². The summed E-state index contributed by atoms with van der Waals surface area (Å²) in [4.78, 5) is 13.2. The van der Waals surface area contributed by atoms with Crippen LogP contribution in [0.25, 0.3) is 11.1 Å². The number of para-hydroxylation sites is 1. The van der Waals surface area contributed by atoms with Crippen LogP contribution >= 0.6 is 0 Å². The van der Waals surface area contributed by atoms with Crippen molar-refractivity contribution in [2.45, 2.75) is 30.5 Å². The number of nitrogens with one attached hydrogen (secondary N) is 1. The predicted molar refractivity (Wildman–Crippen MR) is 155 cm³/mol. The van der Waals surface area contributed by atoms with E-state index in [4.69, 9.17) is 10.5 Å². The minimum absolute atomic E-state index is 0.0917. The molecule has 1 amide bonds. The fourth-order valence-corrected chi connectivity index (χ4v) is 6.53. The van der Waals surface area contributed by atoms with Crippen LogP contribution in [0.3, 0.4) is 0 Å². The fraction of sp³-hybridized carbons (Fsp3) is 0.194. The molecule has 4 aromatic rings. The second-order valence-corrected chi connectivity index (χ2v) is 11.7. The molecule has 42 heavy (non-hydrogen) atoms. The van der Waals surface area contributed by atoms with E-state index in [1.165, 1.54) is 36.4 Å². The van der Waals surface area contributed by atoms with Gasteiger partial charge in [0.2, 0.25) is 5.91 Å². The van der Waals surface area contributed by atoms with Crippen molar-refractivity contribution in [2.24, 2.45) is 0 Å². The molecule has 0 aromatic heterocycles. The first-order valence-corrected chi connectivity index (χ1v) is 14.6. The normalized spacial score (nSPS) is 14.9. The van der Waals surface area contributed by atoms with Crippen LogP contribution < -0.4 is 20.1 Å². The lowest BCUT2D eigenvalue weighted by atomic mass is 10.0. The summed E-state index contributed by atoms with van der Waals surface area (Å²) >= 11 is 0. The first kappa shape index (κ1) is 29.0. The Kier molecular flexibility index (Phi) is 7.87. The third-order valence-corrected chi connectivity index (χ3v) is 8.83. The number of anilines is 2. The quantitative estimate of drug-likeness (QED) is 0.205. The third-order valence-electron chi connectivity index (χ3n) is 6.99. The topological polar surface area (TPSA) is 102 Å². The Labute approximate surface area is 241 Å². The number of rotatable bonds is 8. The average molecular weight is 596 g/mol. The highest BCUT2D eigenvalue weighted by atomic mass is 32.2. The zero-order valence-electron chi connectivity index (χ0n) is 22.6. The van der Waals surface area contributed by atoms with Crippen molar-refractivity contribution in [1.29, 1.82) is 0 Å². The van der Waals surface area contributed by atoms with E-state index in [9.17, 15) is 26.4 Å². The summed E-state index contributed by atoms with van der Waals surface area (Å²) in [5, 5.41) is 2.76. The van der Waals surface area contributed by atoms with Crippen molar-refractivity contribution < 1.29 is 31.1 Å². The fourth-order valence-electron chi connectivity index (χ4n) is 4.88. The largest absolute Gasteiger partial charge is 0.490 e. The number of aryl methyl sites for hydroxylation is 1. The number of nitrogens with two attached hydrogens (primary N) is 1. The number of ether oxygens (including phenoxy) is 1. The van der Waals surface area contributed by atoms with Gasteiger partial charge in [0.25, 0.3) is 10.0 Å². The van der Waals surface area contributed by atoms with E-state index in [0.29, 0.717) is 33.8 Å². The Morgan fingerprint density at radius 1 is 0.976 bits per heavy atom. The molecular weight excluding hydrogens is 567 g/mol. The SMILES string of the molecule is Cc1ccc(N)c(OCCNC(=O)[C@@H]2Cc3ccccc3N2S(=O)(=O)c2ccc(-c3cccc(C(F)(F)F)c3)cc2)c1. The van der Waals surface area contributed by atoms with Gasteiger partial charge in [0.1, 0.15) is 18.4 Å². The minimum Gasteiger partial charge on any atom is -0.490 e. The van der Waals surface area contributed by atoms with Gasteiger partial charge in [0.05, 0.1) is 28.4 Å². The molecule has 3 N–H and O–H groups in total. The van der Waals surface area contributed by atoms with Gasteiger partial charge in [-0.1, -0.05) is 48.5 Å². The Bertz CT molecular complexity index is 1720. The van der Waals surface area contributed by atoms with E-state index in [1.807, 2.05) is 13.0 Å². The Hall–Kier alpha value is -4.51. The Morgan fingerprint density at radius 2 is 1.71 bits per heavy atom. The first-order valence-electron chi connectivity index (χ1n) is 13.1. The number of nitrogens with zero attached hydrogens (tertiary/aromatic N) is 1. The van der Waals surface area contributed by atoms with E-state index in [1.54, 1.807) is 36.4 Å². The molecule has 1 heterocycles. The van der Waals surface area contributed by atoms with Gasteiger partial charge in [0.15, 0.2) is 0 Å². The van der Waals surface area contributed by atoms with Gasteiger partial charge in [-0.25, -0.2) is 8.42 Å². The number of hydrogen-bond acceptors (Lipinski definition) is 5. The molecule has 218 valence electrons. The number of nitrogen functional groups attached to an aromatic ring is 1. The number of benzene rings is 4. The molecule has 0 aliphatic carbocycles. The maximum atomic E-state index is 13.9. The molecule has 0 saturated carbocycles. The molecule has 7 nitrogen and oxygen atoms in total. The molecular formula is C31H28F3N3O4S. The van der Waals surface area contributed by atoms with Crippen molar-refractivity contribution in [3.05, 3.63) is 108 Å². The molecule has 0 bridgehead atoms. The number of carbonyl (C=O) groups excluding carboxylic acids is 1. The van der Waals surface area contributed by atoms with E-state index < -0.39 is 33.7 Å². The standard InChI is InChI=1S/C31H28F3N3O4S/c1-20-9-14-26(35)29(17-20)41-16-15-36-30(38)28-19-23-5-2-3-8-27(23)37(28)42(39,40)25-12-10-21(11-13-25)22-6-4-7-24(18-22)31(32,33)34/h2-14,17-18,28H,15-16,19,35H2,1H3,(H,36,38)/t28-/m0/s1. The molecule has 11 heteroatoms. The second-order valence-electron chi connectivity index (χ2n) is 9.93. The molecule has 1 aliphatic rings. The smallest absolute Gasteiger partial charge is 0.416 e. The molecule has 1 aliphatic heterocycles. The van der Waals surface area contributed by atoms with Crippen molar-refractivity contribution >= 4 is 27.3 Å². The van der Waals surface area contributed by atoms with Crippen LogP contribution in [0, 0.1) is 6.92 Å². The number of carbonyl (C=O) groups is 1. The Balaban J connectivity index is 1.35. The molecule has 0 spiro atoms. The minimum atomic E-state index is -4.50. The predicted octanol–water partition coefficient (Wildman–Crippen LogP) is 5.58. The number of halogens is 3. The number of alkyl halides is 3. The molecule has 0 radical (unpaired) electrons. The molecule has 0 unspecified atom stereocenters. The monoisotopic (exact) mass is 595 g/mol. The van der Waals surface area contributed by atoms with Gasteiger partial charge >= 0.3 is 6.18 Å². The van der Waals surface area contributed by atoms with E-state index >= 15 is 0 Å². The van der Waals surface area contributed by atoms with Gasteiger partial charge in [-0.05, 0) is 71.6 Å². The van der Waals surface area contributed by atoms with Crippen molar-refractivity contribution in [3.8, 4) is 16.9 Å². The molecule has 1 atom stereocenters. The number of amides is 1. The van der Waals surface area contributed by atoms with Gasteiger partial charge in [-0.15, -0.1) is 0 Å². The summed E-state index contributed by atoms with van der Waals surface area (Å²) in [5.41, 5.74) is 8.38. The summed E-state index contributed by atoms with van der Waals surface area (Å²) < 4.78 is 74.1. The summed E-state index contributed by atoms with van der Waals surface area (Å²) in [6.45, 7) is 2.15. The van der Waals surface area contributed by atoms with Crippen LogP contribution in [0.2, 0.25) is 0 Å². The number of hydrogen-bond donors (Lipinski definition) is 2.